The molecule has 2 atom stereocenters. The normalized spacial score (nSPS) is 17.4. The van der Waals surface area contributed by atoms with Crippen molar-refractivity contribution in [3.63, 3.8) is 0 Å². The minimum atomic E-state index is -0.584. The van der Waals surface area contributed by atoms with Crippen LogP contribution in [0.15, 0.2) is 0 Å². The van der Waals surface area contributed by atoms with Crippen LogP contribution in [-0.2, 0) is 0 Å². The van der Waals surface area contributed by atoms with Gasteiger partial charge in [0.15, 0.2) is 0 Å². The summed E-state index contributed by atoms with van der Waals surface area (Å²) in [5.74, 6) is 0.605. The highest BCUT2D eigenvalue weighted by Crippen LogP contribution is 2.08. The summed E-state index contributed by atoms with van der Waals surface area (Å²) >= 11 is 0. The van der Waals surface area contributed by atoms with E-state index >= 15 is 0 Å². The highest BCUT2D eigenvalue weighted by atomic mass is 16.3. The van der Waals surface area contributed by atoms with E-state index in [2.05, 4.69) is 13.8 Å². The van der Waals surface area contributed by atoms with Crippen molar-refractivity contribution in [3.8, 4) is 0 Å². The van der Waals surface area contributed by atoms with Crippen molar-refractivity contribution in [1.82, 2.24) is 0 Å². The first-order valence-corrected chi connectivity index (χ1v) is 3.90. The average Bonchev–Trinajstić information content (AvgIpc) is 1.82. The van der Waals surface area contributed by atoms with Crippen LogP contribution in [0.4, 0.5) is 0 Å². The summed E-state index contributed by atoms with van der Waals surface area (Å²) in [5, 5.41) is 18.0. The van der Waals surface area contributed by atoms with Gasteiger partial charge in [0, 0.05) is 0 Å². The Bertz CT molecular complexity index is 79.3. The van der Waals surface area contributed by atoms with Gasteiger partial charge >= 0.3 is 0 Å². The molecule has 0 aromatic heterocycles. The minimum absolute atomic E-state index is 0.539. The molecule has 2 heteroatoms. The molecule has 0 saturated heterocycles. The molecular formula is C8H18O2. The van der Waals surface area contributed by atoms with Gasteiger partial charge < -0.3 is 10.2 Å². The van der Waals surface area contributed by atoms with Crippen molar-refractivity contribution in [3.05, 3.63) is 0 Å². The molecule has 2 unspecified atom stereocenters. The Balaban J connectivity index is 3.30. The minimum Gasteiger partial charge on any atom is -0.391 e. The molecule has 62 valence electrons. The summed E-state index contributed by atoms with van der Waals surface area (Å²) in [6.07, 6.45) is 0.558. The van der Waals surface area contributed by atoms with Crippen LogP contribution in [0.2, 0.25) is 0 Å². The van der Waals surface area contributed by atoms with Crippen molar-refractivity contribution in [2.45, 2.75) is 45.8 Å². The van der Waals surface area contributed by atoms with Crippen LogP contribution in [0, 0.1) is 5.92 Å². The largest absolute Gasteiger partial charge is 0.391 e. The summed E-state index contributed by atoms with van der Waals surface area (Å²) in [6, 6.07) is 0. The van der Waals surface area contributed by atoms with Crippen LogP contribution in [0.5, 0.6) is 0 Å². The van der Waals surface area contributed by atoms with Gasteiger partial charge in [-0.2, -0.15) is 0 Å². The lowest BCUT2D eigenvalue weighted by molar-refractivity contribution is 0.0231. The van der Waals surface area contributed by atoms with E-state index < -0.39 is 12.2 Å². The van der Waals surface area contributed by atoms with Crippen LogP contribution < -0.4 is 0 Å². The molecule has 0 spiro atoms. The molecule has 0 heterocycles. The molecule has 0 aromatic carbocycles. The van der Waals surface area contributed by atoms with E-state index in [0.717, 1.165) is 6.42 Å². The lowest BCUT2D eigenvalue weighted by Gasteiger charge is -2.13. The van der Waals surface area contributed by atoms with Gasteiger partial charge in [-0.15, -0.1) is 0 Å². The number of rotatable bonds is 4. The Hall–Kier alpha value is -0.0800. The van der Waals surface area contributed by atoms with Crippen LogP contribution >= 0.6 is 0 Å². The maximum atomic E-state index is 9.13. The van der Waals surface area contributed by atoms with E-state index in [4.69, 9.17) is 10.2 Å². The van der Waals surface area contributed by atoms with E-state index in [1.165, 1.54) is 0 Å². The predicted octanol–water partition coefficient (Wildman–Crippen LogP) is 1.16. The smallest absolute Gasteiger partial charge is 0.0796 e. The maximum Gasteiger partial charge on any atom is 0.0796 e. The molecule has 0 rings (SSSR count). The van der Waals surface area contributed by atoms with Crippen molar-refractivity contribution in [2.24, 2.45) is 5.92 Å². The average molecular weight is 146 g/mol. The summed E-state index contributed by atoms with van der Waals surface area (Å²) in [6.45, 7) is 5.83. The van der Waals surface area contributed by atoms with Gasteiger partial charge in [0.05, 0.1) is 12.2 Å². The second-order valence-electron chi connectivity index (χ2n) is 3.28. The maximum absolute atomic E-state index is 9.13. The first-order valence-electron chi connectivity index (χ1n) is 3.90. The molecule has 0 fully saturated rings. The summed E-state index contributed by atoms with van der Waals surface area (Å²) in [7, 11) is 0. The van der Waals surface area contributed by atoms with Crippen molar-refractivity contribution in [2.75, 3.05) is 0 Å². The first kappa shape index (κ1) is 9.92. The quantitative estimate of drug-likeness (QED) is 0.625. The van der Waals surface area contributed by atoms with Crippen LogP contribution in [0.3, 0.4) is 0 Å². The Morgan fingerprint density at radius 2 is 1.50 bits per heavy atom. The zero-order valence-corrected chi connectivity index (χ0v) is 7.04. The predicted molar refractivity (Wildman–Crippen MR) is 41.8 cm³/mol. The third-order valence-corrected chi connectivity index (χ3v) is 1.60. The van der Waals surface area contributed by atoms with E-state index in [1.807, 2.05) is 0 Å². The highest BCUT2D eigenvalue weighted by molar-refractivity contribution is 4.62. The first-order chi connectivity index (χ1) is 4.54. The molecule has 0 amide bonds. The number of hydrogen-bond acceptors (Lipinski definition) is 2. The van der Waals surface area contributed by atoms with Crippen molar-refractivity contribution < 1.29 is 10.2 Å². The second-order valence-corrected chi connectivity index (χ2v) is 3.28. The number of hydrogen-bond donors (Lipinski definition) is 2. The van der Waals surface area contributed by atoms with Crippen LogP contribution in [0.1, 0.15) is 33.6 Å². The molecule has 0 radical (unpaired) electrons. The molecule has 10 heavy (non-hydrogen) atoms. The molecule has 0 bridgehead atoms. The van der Waals surface area contributed by atoms with Gasteiger partial charge in [-0.1, -0.05) is 13.8 Å². The van der Waals surface area contributed by atoms with Gasteiger partial charge in [-0.25, -0.2) is 0 Å². The van der Waals surface area contributed by atoms with Gasteiger partial charge in [0.25, 0.3) is 0 Å². The van der Waals surface area contributed by atoms with Gasteiger partial charge in [-0.05, 0) is 25.7 Å². The zero-order valence-electron chi connectivity index (χ0n) is 7.04. The fourth-order valence-corrected chi connectivity index (χ4v) is 0.745. The third-order valence-electron chi connectivity index (χ3n) is 1.60. The van der Waals surface area contributed by atoms with E-state index in [-0.39, 0.29) is 0 Å². The lowest BCUT2D eigenvalue weighted by Crippen LogP contribution is -2.22. The molecular weight excluding hydrogens is 128 g/mol. The Kier molecular flexibility index (Phi) is 4.65. The summed E-state index contributed by atoms with van der Waals surface area (Å²) in [5.41, 5.74) is 0. The van der Waals surface area contributed by atoms with Gasteiger partial charge in [-0.3, -0.25) is 0 Å². The van der Waals surface area contributed by atoms with Crippen LogP contribution in [0.25, 0.3) is 0 Å². The summed E-state index contributed by atoms with van der Waals surface area (Å²) in [4.78, 5) is 0. The zero-order chi connectivity index (χ0) is 8.15. The molecule has 2 N–H and O–H groups in total. The molecule has 0 aliphatic heterocycles. The SMILES string of the molecule is CC(C)CCC(O)C(C)O. The highest BCUT2D eigenvalue weighted by Gasteiger charge is 2.10. The molecule has 2 nitrogen and oxygen atoms in total. The fraction of sp³-hybridized carbons (Fsp3) is 1.00. The molecule has 0 aromatic rings. The molecule has 0 aliphatic rings. The topological polar surface area (TPSA) is 40.5 Å². The number of aliphatic hydroxyl groups excluding tert-OH is 2. The Morgan fingerprint density at radius 3 is 1.80 bits per heavy atom. The lowest BCUT2D eigenvalue weighted by atomic mass is 10.0. The third kappa shape index (κ3) is 4.77. The standard InChI is InChI=1S/C8H18O2/c1-6(2)4-5-8(10)7(3)9/h6-10H,4-5H2,1-3H3. The second kappa shape index (κ2) is 4.69. The fourth-order valence-electron chi connectivity index (χ4n) is 0.745. The monoisotopic (exact) mass is 146 g/mol. The van der Waals surface area contributed by atoms with Crippen LogP contribution in [-0.4, -0.2) is 22.4 Å². The summed E-state index contributed by atoms with van der Waals surface area (Å²) < 4.78 is 0. The van der Waals surface area contributed by atoms with Crippen molar-refractivity contribution in [1.29, 1.82) is 0 Å². The molecule has 0 saturated carbocycles. The number of aliphatic hydroxyl groups is 2. The van der Waals surface area contributed by atoms with E-state index in [1.54, 1.807) is 6.92 Å². The Labute approximate surface area is 62.9 Å². The van der Waals surface area contributed by atoms with E-state index in [9.17, 15) is 0 Å². The van der Waals surface area contributed by atoms with Crippen molar-refractivity contribution >= 4 is 0 Å². The molecule has 0 aliphatic carbocycles. The van der Waals surface area contributed by atoms with E-state index in [0.29, 0.717) is 12.3 Å². The van der Waals surface area contributed by atoms with Gasteiger partial charge in [0.1, 0.15) is 0 Å². The van der Waals surface area contributed by atoms with Gasteiger partial charge in [0.2, 0.25) is 0 Å². The Morgan fingerprint density at radius 1 is 1.00 bits per heavy atom.